The zero-order chi connectivity index (χ0) is 18.7. The Bertz CT molecular complexity index is 636. The second kappa shape index (κ2) is 8.48. The number of likely N-dealkylation sites (tertiary alicyclic amines) is 2. The number of thioether (sulfide) groups is 1. The lowest BCUT2D eigenvalue weighted by Crippen LogP contribution is -2.53. The molecule has 4 rings (SSSR count). The Kier molecular flexibility index (Phi) is 6.02. The van der Waals surface area contributed by atoms with Gasteiger partial charge in [0.1, 0.15) is 0 Å². The maximum absolute atomic E-state index is 12.5. The van der Waals surface area contributed by atoms with E-state index >= 15 is 0 Å². The van der Waals surface area contributed by atoms with E-state index in [1.807, 2.05) is 12.4 Å². The topological polar surface area (TPSA) is 49.3 Å². The highest BCUT2D eigenvalue weighted by molar-refractivity contribution is 7.99. The zero-order valence-corrected chi connectivity index (χ0v) is 17.3. The van der Waals surface area contributed by atoms with E-state index in [1.54, 1.807) is 11.8 Å². The summed E-state index contributed by atoms with van der Waals surface area (Å²) in [7, 11) is 0. The molecular weight excluding hydrogens is 356 g/mol. The fourth-order valence-corrected chi connectivity index (χ4v) is 5.59. The standard InChI is InChI=1S/C21H32N4OS/c1-2-27-20-22-13-17(14-23-20)15-24-11-9-21(10-12-24)8-7-19(26)25(16-21)18-5-3-4-6-18/h13-14,18H,2-12,15-16H2,1H3. The summed E-state index contributed by atoms with van der Waals surface area (Å²) in [5, 5.41) is 0.873. The molecule has 5 nitrogen and oxygen atoms in total. The monoisotopic (exact) mass is 388 g/mol. The Morgan fingerprint density at radius 3 is 2.52 bits per heavy atom. The van der Waals surface area contributed by atoms with Crippen LogP contribution in [-0.4, -0.2) is 57.1 Å². The van der Waals surface area contributed by atoms with Crippen LogP contribution < -0.4 is 0 Å². The van der Waals surface area contributed by atoms with Crippen LogP contribution in [0.3, 0.4) is 0 Å². The number of nitrogens with zero attached hydrogens (tertiary/aromatic N) is 4. The number of hydrogen-bond donors (Lipinski definition) is 0. The smallest absolute Gasteiger partial charge is 0.222 e. The van der Waals surface area contributed by atoms with E-state index in [9.17, 15) is 4.79 Å². The molecule has 0 atom stereocenters. The lowest BCUT2D eigenvalue weighted by Gasteiger charge is -2.49. The number of amides is 1. The van der Waals surface area contributed by atoms with Gasteiger partial charge < -0.3 is 4.90 Å². The summed E-state index contributed by atoms with van der Waals surface area (Å²) < 4.78 is 0. The third-order valence-corrected chi connectivity index (χ3v) is 7.50. The van der Waals surface area contributed by atoms with Gasteiger partial charge in [0.05, 0.1) is 0 Å². The number of rotatable bonds is 5. The van der Waals surface area contributed by atoms with Crippen molar-refractivity contribution in [1.82, 2.24) is 19.8 Å². The molecule has 2 aliphatic heterocycles. The average molecular weight is 389 g/mol. The van der Waals surface area contributed by atoms with E-state index in [0.717, 1.165) is 49.9 Å². The third kappa shape index (κ3) is 4.48. The molecule has 0 unspecified atom stereocenters. The normalized spacial score (nSPS) is 24.0. The number of carbonyl (C=O) groups excluding carboxylic acids is 1. The molecule has 3 fully saturated rings. The van der Waals surface area contributed by atoms with Crippen molar-refractivity contribution in [1.29, 1.82) is 0 Å². The molecule has 6 heteroatoms. The van der Waals surface area contributed by atoms with Crippen molar-refractivity contribution in [3.8, 4) is 0 Å². The first kappa shape index (κ1) is 19.2. The number of hydrogen-bond acceptors (Lipinski definition) is 5. The van der Waals surface area contributed by atoms with Crippen LogP contribution in [0.15, 0.2) is 17.6 Å². The van der Waals surface area contributed by atoms with Gasteiger partial charge in [0.15, 0.2) is 5.16 Å². The van der Waals surface area contributed by atoms with Crippen molar-refractivity contribution in [3.05, 3.63) is 18.0 Å². The van der Waals surface area contributed by atoms with Gasteiger partial charge in [0.2, 0.25) is 5.91 Å². The van der Waals surface area contributed by atoms with Crippen LogP contribution in [0.25, 0.3) is 0 Å². The summed E-state index contributed by atoms with van der Waals surface area (Å²) in [4.78, 5) is 26.2. The van der Waals surface area contributed by atoms with E-state index in [4.69, 9.17) is 0 Å². The average Bonchev–Trinajstić information content (AvgIpc) is 3.22. The largest absolute Gasteiger partial charge is 0.339 e. The molecule has 0 aromatic carbocycles. The predicted octanol–water partition coefficient (Wildman–Crippen LogP) is 3.74. The van der Waals surface area contributed by atoms with Crippen molar-refractivity contribution in [3.63, 3.8) is 0 Å². The van der Waals surface area contributed by atoms with Crippen LogP contribution in [0.5, 0.6) is 0 Å². The fourth-order valence-electron chi connectivity index (χ4n) is 5.07. The van der Waals surface area contributed by atoms with Crippen LogP contribution in [0.1, 0.15) is 63.9 Å². The first-order chi connectivity index (χ1) is 13.2. The van der Waals surface area contributed by atoms with E-state index in [1.165, 1.54) is 44.1 Å². The first-order valence-electron chi connectivity index (χ1n) is 10.6. The maximum atomic E-state index is 12.5. The Morgan fingerprint density at radius 2 is 1.85 bits per heavy atom. The number of piperidine rings is 2. The Hall–Kier alpha value is -1.14. The molecule has 148 valence electrons. The molecule has 1 aromatic rings. The number of carbonyl (C=O) groups is 1. The highest BCUT2D eigenvalue weighted by Crippen LogP contribution is 2.42. The Morgan fingerprint density at radius 1 is 1.15 bits per heavy atom. The van der Waals surface area contributed by atoms with Gasteiger partial charge in [-0.05, 0) is 56.4 Å². The van der Waals surface area contributed by atoms with Gasteiger partial charge >= 0.3 is 0 Å². The van der Waals surface area contributed by atoms with Crippen LogP contribution >= 0.6 is 11.8 Å². The molecule has 3 heterocycles. The maximum Gasteiger partial charge on any atom is 0.222 e. The van der Waals surface area contributed by atoms with Gasteiger partial charge in [-0.1, -0.05) is 31.5 Å². The number of aromatic nitrogens is 2. The van der Waals surface area contributed by atoms with Crippen LogP contribution in [0.4, 0.5) is 0 Å². The highest BCUT2D eigenvalue weighted by Gasteiger charge is 2.43. The first-order valence-corrected chi connectivity index (χ1v) is 11.6. The van der Waals surface area contributed by atoms with Crippen LogP contribution in [0.2, 0.25) is 0 Å². The summed E-state index contributed by atoms with van der Waals surface area (Å²) in [5.41, 5.74) is 1.57. The lowest BCUT2D eigenvalue weighted by atomic mass is 9.72. The van der Waals surface area contributed by atoms with E-state index in [0.29, 0.717) is 17.4 Å². The quantitative estimate of drug-likeness (QED) is 0.568. The summed E-state index contributed by atoms with van der Waals surface area (Å²) >= 11 is 1.69. The van der Waals surface area contributed by atoms with Crippen molar-refractivity contribution in [2.45, 2.75) is 76.0 Å². The molecule has 0 radical (unpaired) electrons. The van der Waals surface area contributed by atoms with Crippen molar-refractivity contribution < 1.29 is 4.79 Å². The van der Waals surface area contributed by atoms with Gasteiger partial charge in [-0.2, -0.15) is 0 Å². The van der Waals surface area contributed by atoms with E-state index in [-0.39, 0.29) is 0 Å². The Balaban J connectivity index is 1.32. The summed E-state index contributed by atoms with van der Waals surface area (Å²) in [5.74, 6) is 1.42. The second-order valence-corrected chi connectivity index (χ2v) is 9.77. The minimum atomic E-state index is 0.366. The molecule has 0 N–H and O–H groups in total. The van der Waals surface area contributed by atoms with Crippen molar-refractivity contribution in [2.75, 3.05) is 25.4 Å². The highest BCUT2D eigenvalue weighted by atomic mass is 32.2. The molecule has 0 bridgehead atoms. The molecule has 1 spiro atoms. The molecule has 2 saturated heterocycles. The van der Waals surface area contributed by atoms with Gasteiger partial charge in [0, 0.05) is 43.5 Å². The molecule has 1 amide bonds. The second-order valence-electron chi connectivity index (χ2n) is 8.54. The molecule has 27 heavy (non-hydrogen) atoms. The molecule has 1 saturated carbocycles. The van der Waals surface area contributed by atoms with E-state index in [2.05, 4.69) is 26.7 Å². The summed E-state index contributed by atoms with van der Waals surface area (Å²) in [6.07, 6.45) is 13.3. The van der Waals surface area contributed by atoms with Crippen molar-refractivity contribution >= 4 is 17.7 Å². The Labute approximate surface area is 167 Å². The van der Waals surface area contributed by atoms with Gasteiger partial charge in [-0.25, -0.2) is 9.97 Å². The molecular formula is C21H32N4OS. The fraction of sp³-hybridized carbons (Fsp3) is 0.762. The molecule has 3 aliphatic rings. The summed E-state index contributed by atoms with van der Waals surface area (Å²) in [6.45, 7) is 6.32. The zero-order valence-electron chi connectivity index (χ0n) is 16.5. The molecule has 1 aromatic heterocycles. The minimum Gasteiger partial charge on any atom is -0.339 e. The third-order valence-electron chi connectivity index (χ3n) is 6.74. The predicted molar refractivity (Wildman–Crippen MR) is 109 cm³/mol. The van der Waals surface area contributed by atoms with Crippen molar-refractivity contribution in [2.24, 2.45) is 5.41 Å². The minimum absolute atomic E-state index is 0.366. The van der Waals surface area contributed by atoms with Gasteiger partial charge in [0.25, 0.3) is 0 Å². The molecule has 1 aliphatic carbocycles. The SMILES string of the molecule is CCSc1ncc(CN2CCC3(CCC(=O)N(C4CCCC4)C3)CC2)cn1. The summed E-state index contributed by atoms with van der Waals surface area (Å²) in [6, 6.07) is 0.532. The van der Waals surface area contributed by atoms with Crippen LogP contribution in [-0.2, 0) is 11.3 Å². The van der Waals surface area contributed by atoms with Gasteiger partial charge in [-0.3, -0.25) is 9.69 Å². The van der Waals surface area contributed by atoms with Gasteiger partial charge in [-0.15, -0.1) is 0 Å². The lowest BCUT2D eigenvalue weighted by molar-refractivity contribution is -0.142. The van der Waals surface area contributed by atoms with Crippen LogP contribution in [0, 0.1) is 5.41 Å². The van der Waals surface area contributed by atoms with E-state index < -0.39 is 0 Å².